The van der Waals surface area contributed by atoms with Crippen molar-refractivity contribution in [2.24, 2.45) is 0 Å². The number of carbonyl (C=O) groups excluding carboxylic acids is 2. The number of hydrogen-bond donors (Lipinski definition) is 7. The Labute approximate surface area is 381 Å². The van der Waals surface area contributed by atoms with E-state index in [1.54, 1.807) is 42.5 Å². The summed E-state index contributed by atoms with van der Waals surface area (Å²) >= 11 is 0. The molecule has 0 aliphatic carbocycles. The number of rotatable bonds is 41. The third kappa shape index (κ3) is 41.9. The summed E-state index contributed by atoms with van der Waals surface area (Å²) in [7, 11) is -9.84. The highest BCUT2D eigenvalue weighted by molar-refractivity contribution is 7.47. The van der Waals surface area contributed by atoms with Gasteiger partial charge >= 0.3 is 27.6 Å². The highest BCUT2D eigenvalue weighted by Crippen LogP contribution is 2.43. The minimum atomic E-state index is -4.92. The summed E-state index contributed by atoms with van der Waals surface area (Å²) in [5, 5.41) is 40.3. The Hall–Kier alpha value is -2.82. The molecule has 368 valence electrons. The Balaban J connectivity index is 4.92. The van der Waals surface area contributed by atoms with Crippen molar-refractivity contribution in [2.45, 2.75) is 166 Å². The van der Waals surface area contributed by atoms with Gasteiger partial charge in [-0.05, 0) is 57.8 Å². The molecule has 0 aromatic rings. The normalized spacial score (nSPS) is 16.2. The van der Waals surface area contributed by atoms with E-state index in [1.807, 2.05) is 12.2 Å². The van der Waals surface area contributed by atoms with Gasteiger partial charge in [0.25, 0.3) is 0 Å². The van der Waals surface area contributed by atoms with Crippen LogP contribution in [0, 0.1) is 0 Å². The van der Waals surface area contributed by atoms with Gasteiger partial charge in [-0.3, -0.25) is 23.2 Å². The third-order valence-electron chi connectivity index (χ3n) is 9.11. The number of ether oxygens (including phenoxy) is 2. The van der Waals surface area contributed by atoms with Crippen LogP contribution in [0.4, 0.5) is 0 Å². The van der Waals surface area contributed by atoms with Crippen molar-refractivity contribution in [1.82, 2.24) is 0 Å². The van der Waals surface area contributed by atoms with Crippen LogP contribution in [-0.4, -0.2) is 104 Å². The van der Waals surface area contributed by atoms with E-state index >= 15 is 0 Å². The second-order valence-corrected chi connectivity index (χ2v) is 17.9. The van der Waals surface area contributed by atoms with E-state index in [0.29, 0.717) is 19.3 Å². The lowest BCUT2D eigenvalue weighted by Crippen LogP contribution is -2.30. The zero-order valence-corrected chi connectivity index (χ0v) is 39.7. The molecule has 0 bridgehead atoms. The standard InChI is InChI=1S/C46H78O16P2/c1-3-5-7-8-9-10-11-12-13-14-15-16-17-18-19-24-28-34-45(51)58-38-42(39-61-64(56,57)60-37-41(48)36-59-63(53,54)55)62-46(52)35-29-33-44(50)43(49)32-27-23-21-20-22-26-31-40(47)30-25-6-4-2/h12-13,15-16,18-23,26-27,31-32,40-44,47-50H,3-11,14,17,24-25,28-30,33-39H2,1-2H3,(H,56,57)(H2,53,54,55)/b13-12-,16-15-,19-18-,22-20-,23-21+,31-26+,32-27+/t40-,41-,42+,43-,44-/m0/s1. The van der Waals surface area contributed by atoms with Crippen molar-refractivity contribution in [3.05, 3.63) is 85.1 Å². The van der Waals surface area contributed by atoms with Crippen molar-refractivity contribution in [3.8, 4) is 0 Å². The maximum absolute atomic E-state index is 12.7. The number of phosphoric ester groups is 2. The van der Waals surface area contributed by atoms with Crippen LogP contribution in [0.2, 0.25) is 0 Å². The maximum atomic E-state index is 12.7. The highest BCUT2D eigenvalue weighted by Gasteiger charge is 2.28. The van der Waals surface area contributed by atoms with Gasteiger partial charge in [0.1, 0.15) is 12.7 Å². The Bertz CT molecular complexity index is 1500. The number of unbranched alkanes of at least 4 members (excludes halogenated alkanes) is 9. The maximum Gasteiger partial charge on any atom is 0.472 e. The minimum Gasteiger partial charge on any atom is -0.462 e. The molecule has 6 atom stereocenters. The van der Waals surface area contributed by atoms with E-state index in [4.69, 9.17) is 23.8 Å². The molecule has 0 fully saturated rings. The fourth-order valence-electron chi connectivity index (χ4n) is 5.51. The van der Waals surface area contributed by atoms with Gasteiger partial charge in [-0.25, -0.2) is 9.13 Å². The van der Waals surface area contributed by atoms with Gasteiger partial charge in [0.2, 0.25) is 0 Å². The number of hydrogen-bond acceptors (Lipinski definition) is 13. The molecule has 0 saturated carbocycles. The van der Waals surface area contributed by atoms with Crippen molar-refractivity contribution < 1.29 is 76.9 Å². The number of aliphatic hydroxyl groups is 4. The molecule has 1 unspecified atom stereocenters. The Morgan fingerprint density at radius 2 is 1.08 bits per heavy atom. The quantitative estimate of drug-likeness (QED) is 0.00997. The Kier molecular flexibility index (Phi) is 38.7. The van der Waals surface area contributed by atoms with Gasteiger partial charge in [0.15, 0.2) is 6.10 Å². The second-order valence-electron chi connectivity index (χ2n) is 15.2. The molecule has 7 N–H and O–H groups in total. The topological polar surface area (TPSA) is 256 Å². The third-order valence-corrected chi connectivity index (χ3v) is 10.5. The fraction of sp³-hybridized carbons (Fsp3) is 0.652. The van der Waals surface area contributed by atoms with E-state index < -0.39 is 84.5 Å². The molecule has 0 amide bonds. The summed E-state index contributed by atoms with van der Waals surface area (Å²) in [6, 6.07) is 0. The number of aliphatic hydroxyl groups excluding tert-OH is 4. The molecule has 16 nitrogen and oxygen atoms in total. The molecule has 0 rings (SSSR count). The van der Waals surface area contributed by atoms with E-state index in [0.717, 1.165) is 38.5 Å². The number of carbonyl (C=O) groups is 2. The van der Waals surface area contributed by atoms with Crippen molar-refractivity contribution >= 4 is 27.6 Å². The predicted octanol–water partition coefficient (Wildman–Crippen LogP) is 8.47. The van der Waals surface area contributed by atoms with Crippen LogP contribution in [0.1, 0.15) is 136 Å². The first-order valence-electron chi connectivity index (χ1n) is 22.6. The van der Waals surface area contributed by atoms with Crippen LogP contribution in [0.3, 0.4) is 0 Å². The molecule has 0 spiro atoms. The lowest BCUT2D eigenvalue weighted by molar-refractivity contribution is -0.161. The Morgan fingerprint density at radius 1 is 0.547 bits per heavy atom. The molecule has 0 saturated heterocycles. The van der Waals surface area contributed by atoms with E-state index in [1.165, 1.54) is 44.6 Å². The number of allylic oxidation sites excluding steroid dienone is 12. The van der Waals surface area contributed by atoms with Gasteiger partial charge in [-0.1, -0.05) is 150 Å². The van der Waals surface area contributed by atoms with Gasteiger partial charge < -0.3 is 44.6 Å². The summed E-state index contributed by atoms with van der Waals surface area (Å²) in [4.78, 5) is 52.8. The minimum absolute atomic E-state index is 0.0148. The Morgan fingerprint density at radius 3 is 1.73 bits per heavy atom. The second kappa shape index (κ2) is 40.5. The van der Waals surface area contributed by atoms with Crippen molar-refractivity contribution in [3.63, 3.8) is 0 Å². The van der Waals surface area contributed by atoms with Crippen LogP contribution in [0.25, 0.3) is 0 Å². The van der Waals surface area contributed by atoms with E-state index in [-0.39, 0.29) is 25.7 Å². The van der Waals surface area contributed by atoms with Gasteiger partial charge in [0.05, 0.1) is 38.1 Å². The first kappa shape index (κ1) is 61.2. The van der Waals surface area contributed by atoms with Crippen LogP contribution >= 0.6 is 15.6 Å². The summed E-state index contributed by atoms with van der Waals surface area (Å²) in [6.07, 6.45) is 35.2. The molecule has 0 heterocycles. The average Bonchev–Trinajstić information content (AvgIpc) is 3.24. The van der Waals surface area contributed by atoms with E-state index in [2.05, 4.69) is 47.2 Å². The molecule has 0 aliphatic heterocycles. The molecule has 0 aromatic heterocycles. The van der Waals surface area contributed by atoms with Crippen molar-refractivity contribution in [2.75, 3.05) is 26.4 Å². The predicted molar refractivity (Wildman–Crippen MR) is 248 cm³/mol. The molecule has 0 radical (unpaired) electrons. The number of esters is 2. The molecule has 0 aromatic carbocycles. The van der Waals surface area contributed by atoms with Crippen LogP contribution in [0.5, 0.6) is 0 Å². The zero-order valence-electron chi connectivity index (χ0n) is 37.9. The largest absolute Gasteiger partial charge is 0.472 e. The monoisotopic (exact) mass is 948 g/mol. The van der Waals surface area contributed by atoms with Crippen LogP contribution < -0.4 is 0 Å². The molecule has 0 aliphatic rings. The molecule has 18 heteroatoms. The van der Waals surface area contributed by atoms with Gasteiger partial charge in [-0.15, -0.1) is 0 Å². The first-order chi connectivity index (χ1) is 30.6. The number of phosphoric acid groups is 2. The van der Waals surface area contributed by atoms with Crippen LogP contribution in [-0.2, 0) is 41.8 Å². The summed E-state index contributed by atoms with van der Waals surface area (Å²) in [6.45, 7) is 1.19. The van der Waals surface area contributed by atoms with Crippen molar-refractivity contribution in [1.29, 1.82) is 0 Å². The SMILES string of the molecule is CCCCCCCC/C=C\C/C=C\C/C=C\CCCC(=O)OC[C@H](COP(=O)(O)OC[C@@H](O)COP(=O)(O)O)OC(=O)CCC[C@H](O)[C@@H](O)/C=C/C=C/C=C\C=C\[C@@H](O)CCCCC. The lowest BCUT2D eigenvalue weighted by atomic mass is 10.1. The summed E-state index contributed by atoms with van der Waals surface area (Å²) < 4.78 is 47.5. The fourth-order valence-corrected chi connectivity index (χ4v) is 6.67. The first-order valence-corrected chi connectivity index (χ1v) is 25.6. The molecule has 64 heavy (non-hydrogen) atoms. The molecular formula is C46H78O16P2. The van der Waals surface area contributed by atoms with Crippen LogP contribution in [0.15, 0.2) is 85.1 Å². The smallest absolute Gasteiger partial charge is 0.462 e. The summed E-state index contributed by atoms with van der Waals surface area (Å²) in [5.41, 5.74) is 0. The highest BCUT2D eigenvalue weighted by atomic mass is 31.2. The zero-order chi connectivity index (χ0) is 47.7. The lowest BCUT2D eigenvalue weighted by Gasteiger charge is -2.21. The van der Waals surface area contributed by atoms with Gasteiger partial charge in [0, 0.05) is 12.8 Å². The summed E-state index contributed by atoms with van der Waals surface area (Å²) in [5.74, 6) is -1.43. The van der Waals surface area contributed by atoms with E-state index in [9.17, 15) is 44.0 Å². The molecular weight excluding hydrogens is 870 g/mol. The van der Waals surface area contributed by atoms with Gasteiger partial charge in [-0.2, -0.15) is 0 Å². The average molecular weight is 949 g/mol.